The third kappa shape index (κ3) is 4.07. The Morgan fingerprint density at radius 1 is 1.04 bits per heavy atom. The molecule has 0 bridgehead atoms. The van der Waals surface area contributed by atoms with Gasteiger partial charge in [-0.1, -0.05) is 17.4 Å². The first-order chi connectivity index (χ1) is 13.0. The normalized spacial score (nSPS) is 12.4. The van der Waals surface area contributed by atoms with Crippen LogP contribution in [0, 0.1) is 0 Å². The standard InChI is InChI=1S/C17H17N3O5S3/c1-20(2)28(24,25)13-6-4-5-11(9-13)16(21)19-17-18-14-8-7-12(27(3,22)23)10-15(14)26-17/h4-10H,1-3H3,(H,18,19,21). The van der Waals surface area contributed by atoms with E-state index in [0.29, 0.717) is 10.2 Å². The molecule has 1 amide bonds. The van der Waals surface area contributed by atoms with Crippen molar-refractivity contribution in [2.75, 3.05) is 25.7 Å². The maximum Gasteiger partial charge on any atom is 0.257 e. The Bertz CT molecular complexity index is 1280. The number of nitrogens with one attached hydrogen (secondary N) is 1. The van der Waals surface area contributed by atoms with Crippen molar-refractivity contribution in [3.05, 3.63) is 48.0 Å². The smallest absolute Gasteiger partial charge is 0.257 e. The van der Waals surface area contributed by atoms with Crippen LogP contribution < -0.4 is 5.32 Å². The van der Waals surface area contributed by atoms with Gasteiger partial charge in [0.15, 0.2) is 15.0 Å². The van der Waals surface area contributed by atoms with Crippen molar-refractivity contribution in [3.8, 4) is 0 Å². The van der Waals surface area contributed by atoms with Gasteiger partial charge in [0.25, 0.3) is 5.91 Å². The van der Waals surface area contributed by atoms with Crippen LogP contribution in [0.25, 0.3) is 10.2 Å². The number of rotatable bonds is 5. The van der Waals surface area contributed by atoms with Gasteiger partial charge >= 0.3 is 0 Å². The van der Waals surface area contributed by atoms with Crippen molar-refractivity contribution in [3.63, 3.8) is 0 Å². The summed E-state index contributed by atoms with van der Waals surface area (Å²) in [5, 5.41) is 2.91. The van der Waals surface area contributed by atoms with Gasteiger partial charge in [-0.05, 0) is 36.4 Å². The van der Waals surface area contributed by atoms with Crippen LogP contribution in [-0.4, -0.2) is 52.4 Å². The molecule has 0 spiro atoms. The molecule has 148 valence electrons. The lowest BCUT2D eigenvalue weighted by Gasteiger charge is -2.12. The molecule has 2 aromatic carbocycles. The zero-order valence-electron chi connectivity index (χ0n) is 15.2. The Kier molecular flexibility index (Phi) is 5.28. The van der Waals surface area contributed by atoms with Crippen molar-refractivity contribution in [2.24, 2.45) is 0 Å². The van der Waals surface area contributed by atoms with Gasteiger partial charge in [0.1, 0.15) is 0 Å². The molecule has 8 nitrogen and oxygen atoms in total. The zero-order chi connectivity index (χ0) is 20.7. The number of nitrogens with zero attached hydrogens (tertiary/aromatic N) is 2. The van der Waals surface area contributed by atoms with Crippen LogP contribution >= 0.6 is 11.3 Å². The van der Waals surface area contributed by atoms with E-state index in [1.54, 1.807) is 6.07 Å². The molecule has 0 fully saturated rings. The summed E-state index contributed by atoms with van der Waals surface area (Å²) < 4.78 is 49.5. The molecule has 0 saturated heterocycles. The number of anilines is 1. The van der Waals surface area contributed by atoms with Gasteiger partial charge < -0.3 is 0 Å². The minimum atomic E-state index is -3.66. The van der Waals surface area contributed by atoms with Crippen molar-refractivity contribution in [2.45, 2.75) is 9.79 Å². The minimum Gasteiger partial charge on any atom is -0.298 e. The van der Waals surface area contributed by atoms with Crippen LogP contribution in [0.15, 0.2) is 52.3 Å². The van der Waals surface area contributed by atoms with Crippen LogP contribution in [0.4, 0.5) is 5.13 Å². The fourth-order valence-electron chi connectivity index (χ4n) is 2.37. The van der Waals surface area contributed by atoms with E-state index in [4.69, 9.17) is 0 Å². The molecule has 0 radical (unpaired) electrons. The first kappa shape index (κ1) is 20.4. The van der Waals surface area contributed by atoms with Crippen molar-refractivity contribution in [1.82, 2.24) is 9.29 Å². The third-order valence-corrected chi connectivity index (χ3v) is 7.74. The van der Waals surface area contributed by atoms with Gasteiger partial charge in [0.2, 0.25) is 10.0 Å². The maximum atomic E-state index is 12.5. The number of carbonyl (C=O) groups excluding carboxylic acids is 1. The Morgan fingerprint density at radius 3 is 2.39 bits per heavy atom. The molecule has 1 heterocycles. The lowest BCUT2D eigenvalue weighted by Crippen LogP contribution is -2.22. The topological polar surface area (TPSA) is 114 Å². The lowest BCUT2D eigenvalue weighted by molar-refractivity contribution is 0.102. The van der Waals surface area contributed by atoms with Gasteiger partial charge in [0.05, 0.1) is 20.0 Å². The Hall–Kier alpha value is -2.34. The molecule has 1 aromatic heterocycles. The summed E-state index contributed by atoms with van der Waals surface area (Å²) in [6, 6.07) is 10.2. The number of benzene rings is 2. The zero-order valence-corrected chi connectivity index (χ0v) is 17.7. The van der Waals surface area contributed by atoms with E-state index in [1.807, 2.05) is 0 Å². The maximum absolute atomic E-state index is 12.5. The van der Waals surface area contributed by atoms with Crippen molar-refractivity contribution >= 4 is 52.5 Å². The minimum absolute atomic E-state index is 0.00671. The highest BCUT2D eigenvalue weighted by molar-refractivity contribution is 7.90. The van der Waals surface area contributed by atoms with E-state index >= 15 is 0 Å². The van der Waals surface area contributed by atoms with E-state index in [2.05, 4.69) is 10.3 Å². The fraction of sp³-hybridized carbons (Fsp3) is 0.176. The predicted octanol–water partition coefficient (Wildman–Crippen LogP) is 2.20. The van der Waals surface area contributed by atoms with Crippen LogP contribution in [-0.2, 0) is 19.9 Å². The highest BCUT2D eigenvalue weighted by atomic mass is 32.2. The number of sulfone groups is 1. The summed E-state index contributed by atoms with van der Waals surface area (Å²) in [5.41, 5.74) is 0.718. The Morgan fingerprint density at radius 2 is 1.75 bits per heavy atom. The summed E-state index contributed by atoms with van der Waals surface area (Å²) in [5.74, 6) is -0.516. The van der Waals surface area contributed by atoms with E-state index in [0.717, 1.165) is 21.9 Å². The number of thiazole rings is 1. The number of amides is 1. The molecule has 0 aliphatic carbocycles. The Balaban J connectivity index is 1.89. The first-order valence-corrected chi connectivity index (χ1v) is 12.1. The number of hydrogen-bond acceptors (Lipinski definition) is 7. The van der Waals surface area contributed by atoms with E-state index in [-0.39, 0.29) is 20.5 Å². The summed E-state index contributed by atoms with van der Waals surface area (Å²) in [6.45, 7) is 0. The first-order valence-electron chi connectivity index (χ1n) is 7.93. The van der Waals surface area contributed by atoms with Gasteiger partial charge in [-0.25, -0.2) is 26.1 Å². The van der Waals surface area contributed by atoms with Gasteiger partial charge in [-0.2, -0.15) is 0 Å². The summed E-state index contributed by atoms with van der Waals surface area (Å²) in [7, 11) is -4.19. The number of carbonyl (C=O) groups is 1. The number of sulfonamides is 1. The molecule has 3 aromatic rings. The van der Waals surface area contributed by atoms with E-state index < -0.39 is 25.8 Å². The van der Waals surface area contributed by atoms with Gasteiger partial charge in [0, 0.05) is 25.9 Å². The molecule has 0 aliphatic heterocycles. The quantitative estimate of drug-likeness (QED) is 0.652. The fourth-order valence-corrected chi connectivity index (χ4v) is 4.94. The molecule has 0 aliphatic rings. The second-order valence-electron chi connectivity index (χ2n) is 6.19. The molecule has 1 N–H and O–H groups in total. The van der Waals surface area contributed by atoms with Gasteiger partial charge in [-0.3, -0.25) is 10.1 Å². The summed E-state index contributed by atoms with van der Waals surface area (Å²) >= 11 is 1.13. The van der Waals surface area contributed by atoms with Crippen LogP contribution in [0.3, 0.4) is 0 Å². The Labute approximate surface area is 166 Å². The number of aromatic nitrogens is 1. The number of fused-ring (bicyclic) bond motifs is 1. The van der Waals surface area contributed by atoms with Crippen LogP contribution in [0.1, 0.15) is 10.4 Å². The molecule has 28 heavy (non-hydrogen) atoms. The average molecular weight is 440 g/mol. The largest absolute Gasteiger partial charge is 0.298 e. The molecular formula is C17H17N3O5S3. The highest BCUT2D eigenvalue weighted by Gasteiger charge is 2.19. The average Bonchev–Trinajstić information content (AvgIpc) is 3.02. The summed E-state index contributed by atoms with van der Waals surface area (Å²) in [4.78, 5) is 17.0. The highest BCUT2D eigenvalue weighted by Crippen LogP contribution is 2.28. The molecule has 0 atom stereocenters. The van der Waals surface area contributed by atoms with Gasteiger partial charge in [-0.15, -0.1) is 0 Å². The SMILES string of the molecule is CN(C)S(=O)(=O)c1cccc(C(=O)Nc2nc3ccc(S(C)(=O)=O)cc3s2)c1. The van der Waals surface area contributed by atoms with E-state index in [9.17, 15) is 21.6 Å². The lowest BCUT2D eigenvalue weighted by atomic mass is 10.2. The molecule has 3 rings (SSSR count). The molecule has 11 heteroatoms. The van der Waals surface area contributed by atoms with E-state index in [1.165, 1.54) is 50.5 Å². The molecule has 0 unspecified atom stereocenters. The third-order valence-electron chi connectivity index (χ3n) is 3.88. The monoisotopic (exact) mass is 439 g/mol. The van der Waals surface area contributed by atoms with Crippen LogP contribution in [0.5, 0.6) is 0 Å². The second kappa shape index (κ2) is 7.24. The second-order valence-corrected chi connectivity index (χ2v) is 11.4. The predicted molar refractivity (Wildman–Crippen MR) is 108 cm³/mol. The summed E-state index contributed by atoms with van der Waals surface area (Å²) in [6.07, 6.45) is 1.12. The molecular weight excluding hydrogens is 422 g/mol. The van der Waals surface area contributed by atoms with Crippen molar-refractivity contribution in [1.29, 1.82) is 0 Å². The van der Waals surface area contributed by atoms with Crippen LogP contribution in [0.2, 0.25) is 0 Å². The molecule has 0 saturated carbocycles. The number of hydrogen-bond donors (Lipinski definition) is 1. The van der Waals surface area contributed by atoms with Crippen molar-refractivity contribution < 1.29 is 21.6 Å².